The van der Waals surface area contributed by atoms with Gasteiger partial charge in [-0.25, -0.2) is 12.7 Å². The molecule has 0 saturated heterocycles. The summed E-state index contributed by atoms with van der Waals surface area (Å²) in [7, 11) is 0.285. The Morgan fingerprint density at radius 2 is 1.67 bits per heavy atom. The highest BCUT2D eigenvalue weighted by Gasteiger charge is 2.20. The summed E-state index contributed by atoms with van der Waals surface area (Å²) in [6.45, 7) is 4.53. The van der Waals surface area contributed by atoms with Crippen molar-refractivity contribution >= 4 is 10.0 Å². The van der Waals surface area contributed by atoms with Crippen molar-refractivity contribution in [3.05, 3.63) is 35.4 Å². The Kier molecular flexibility index (Phi) is 5.31. The van der Waals surface area contributed by atoms with Crippen LogP contribution in [-0.4, -0.2) is 32.9 Å². The van der Waals surface area contributed by atoms with Gasteiger partial charge in [0, 0.05) is 19.6 Å². The topological polar surface area (TPSA) is 49.4 Å². The van der Waals surface area contributed by atoms with Gasteiger partial charge in [-0.2, -0.15) is 0 Å². The van der Waals surface area contributed by atoms with E-state index in [1.165, 1.54) is 4.31 Å². The summed E-state index contributed by atoms with van der Waals surface area (Å²) >= 11 is 0. The molecule has 102 valence electrons. The third-order valence-electron chi connectivity index (χ3n) is 2.92. The Morgan fingerprint density at radius 1 is 1.17 bits per heavy atom. The SMILES string of the molecule is CNCc1ccc(CS(=O)(=O)N(C)C(C)C)cc1. The number of hydrogen-bond donors (Lipinski definition) is 1. The molecule has 1 N–H and O–H groups in total. The molecule has 0 radical (unpaired) electrons. The zero-order chi connectivity index (χ0) is 13.8. The molecule has 0 aromatic heterocycles. The maximum atomic E-state index is 12.1. The fourth-order valence-electron chi connectivity index (χ4n) is 1.59. The Labute approximate surface area is 110 Å². The smallest absolute Gasteiger partial charge is 0.218 e. The standard InChI is InChI=1S/C13H22N2O2S/c1-11(2)15(4)18(16,17)10-13-7-5-12(6-8-13)9-14-3/h5-8,11,14H,9-10H2,1-4H3. The van der Waals surface area contributed by atoms with Crippen LogP contribution >= 0.6 is 0 Å². The van der Waals surface area contributed by atoms with Crippen LogP contribution in [0.15, 0.2) is 24.3 Å². The molecule has 1 rings (SSSR count). The zero-order valence-electron chi connectivity index (χ0n) is 11.5. The van der Waals surface area contributed by atoms with Gasteiger partial charge in [0.15, 0.2) is 0 Å². The Balaban J connectivity index is 2.78. The van der Waals surface area contributed by atoms with Crippen LogP contribution in [0.25, 0.3) is 0 Å². The number of hydrogen-bond acceptors (Lipinski definition) is 3. The van der Waals surface area contributed by atoms with Crippen molar-refractivity contribution < 1.29 is 8.42 Å². The van der Waals surface area contributed by atoms with Gasteiger partial charge in [0.1, 0.15) is 0 Å². The van der Waals surface area contributed by atoms with Gasteiger partial charge in [0.25, 0.3) is 0 Å². The zero-order valence-corrected chi connectivity index (χ0v) is 12.3. The van der Waals surface area contributed by atoms with Gasteiger partial charge >= 0.3 is 0 Å². The minimum absolute atomic E-state index is 0.0152. The highest BCUT2D eigenvalue weighted by atomic mass is 32.2. The summed E-state index contributed by atoms with van der Waals surface area (Å²) in [6, 6.07) is 7.64. The number of nitrogens with one attached hydrogen (secondary N) is 1. The summed E-state index contributed by atoms with van der Waals surface area (Å²) < 4.78 is 25.5. The molecule has 0 heterocycles. The van der Waals surface area contributed by atoms with E-state index in [1.807, 2.05) is 45.2 Å². The van der Waals surface area contributed by atoms with E-state index in [9.17, 15) is 8.42 Å². The number of benzene rings is 1. The monoisotopic (exact) mass is 270 g/mol. The molecule has 0 aliphatic heterocycles. The number of nitrogens with zero attached hydrogens (tertiary/aromatic N) is 1. The maximum Gasteiger partial charge on any atom is 0.218 e. The fourth-order valence-corrected chi connectivity index (χ4v) is 3.05. The van der Waals surface area contributed by atoms with Crippen molar-refractivity contribution in [2.75, 3.05) is 14.1 Å². The third kappa shape index (κ3) is 4.08. The second-order valence-electron chi connectivity index (χ2n) is 4.71. The van der Waals surface area contributed by atoms with Crippen molar-refractivity contribution in [1.82, 2.24) is 9.62 Å². The summed E-state index contributed by atoms with van der Waals surface area (Å²) in [4.78, 5) is 0. The molecule has 5 heteroatoms. The van der Waals surface area contributed by atoms with Crippen molar-refractivity contribution in [2.45, 2.75) is 32.2 Å². The molecule has 0 bridgehead atoms. The molecule has 0 unspecified atom stereocenters. The quantitative estimate of drug-likeness (QED) is 0.854. The van der Waals surface area contributed by atoms with Crippen LogP contribution in [0.4, 0.5) is 0 Å². The van der Waals surface area contributed by atoms with Crippen LogP contribution in [0.5, 0.6) is 0 Å². The van der Waals surface area contributed by atoms with E-state index in [0.717, 1.165) is 17.7 Å². The molecule has 4 nitrogen and oxygen atoms in total. The minimum Gasteiger partial charge on any atom is -0.316 e. The largest absolute Gasteiger partial charge is 0.316 e. The van der Waals surface area contributed by atoms with Gasteiger partial charge in [-0.3, -0.25) is 0 Å². The number of rotatable bonds is 6. The molecule has 1 aromatic carbocycles. The average Bonchev–Trinajstić information content (AvgIpc) is 2.30. The minimum atomic E-state index is -3.22. The molecule has 0 atom stereocenters. The summed E-state index contributed by atoms with van der Waals surface area (Å²) in [6.07, 6.45) is 0. The van der Waals surface area contributed by atoms with Crippen LogP contribution in [0.2, 0.25) is 0 Å². The summed E-state index contributed by atoms with van der Waals surface area (Å²) in [5.41, 5.74) is 1.97. The van der Waals surface area contributed by atoms with Crippen molar-refractivity contribution in [3.8, 4) is 0 Å². The van der Waals surface area contributed by atoms with E-state index >= 15 is 0 Å². The molecular formula is C13H22N2O2S. The van der Waals surface area contributed by atoms with Crippen LogP contribution in [0.3, 0.4) is 0 Å². The van der Waals surface area contributed by atoms with E-state index in [2.05, 4.69) is 5.32 Å². The van der Waals surface area contributed by atoms with E-state index in [-0.39, 0.29) is 11.8 Å². The molecular weight excluding hydrogens is 248 g/mol. The van der Waals surface area contributed by atoms with E-state index in [0.29, 0.717) is 0 Å². The maximum absolute atomic E-state index is 12.1. The lowest BCUT2D eigenvalue weighted by Crippen LogP contribution is -2.33. The van der Waals surface area contributed by atoms with Gasteiger partial charge < -0.3 is 5.32 Å². The van der Waals surface area contributed by atoms with E-state index in [1.54, 1.807) is 7.05 Å². The van der Waals surface area contributed by atoms with Crippen LogP contribution in [0, 0.1) is 0 Å². The van der Waals surface area contributed by atoms with Crippen molar-refractivity contribution in [1.29, 1.82) is 0 Å². The molecule has 0 amide bonds. The first-order valence-corrected chi connectivity index (χ1v) is 7.66. The summed E-state index contributed by atoms with van der Waals surface area (Å²) in [5.74, 6) is 0.0571. The Bertz CT molecular complexity index is 466. The molecule has 0 aliphatic carbocycles. The van der Waals surface area contributed by atoms with Gasteiger partial charge in [-0.05, 0) is 32.0 Å². The van der Waals surface area contributed by atoms with Gasteiger partial charge in [-0.15, -0.1) is 0 Å². The Hall–Kier alpha value is -0.910. The van der Waals surface area contributed by atoms with Crippen LogP contribution in [0.1, 0.15) is 25.0 Å². The van der Waals surface area contributed by atoms with Crippen molar-refractivity contribution in [2.24, 2.45) is 0 Å². The molecule has 0 saturated carbocycles. The molecule has 1 aromatic rings. The van der Waals surface area contributed by atoms with Crippen molar-refractivity contribution in [3.63, 3.8) is 0 Å². The molecule has 0 spiro atoms. The first-order valence-electron chi connectivity index (χ1n) is 6.05. The predicted molar refractivity (Wildman–Crippen MR) is 74.7 cm³/mol. The second-order valence-corrected chi connectivity index (χ2v) is 6.74. The van der Waals surface area contributed by atoms with E-state index < -0.39 is 10.0 Å². The first-order chi connectivity index (χ1) is 8.36. The summed E-state index contributed by atoms with van der Waals surface area (Å²) in [5, 5.41) is 3.06. The van der Waals surface area contributed by atoms with E-state index in [4.69, 9.17) is 0 Å². The fraction of sp³-hybridized carbons (Fsp3) is 0.538. The molecule has 0 aliphatic rings. The molecule has 0 fully saturated rings. The highest BCUT2D eigenvalue weighted by molar-refractivity contribution is 7.88. The third-order valence-corrected chi connectivity index (χ3v) is 4.92. The lowest BCUT2D eigenvalue weighted by molar-refractivity contribution is 0.410. The molecule has 18 heavy (non-hydrogen) atoms. The first kappa shape index (κ1) is 15.1. The second kappa shape index (κ2) is 6.31. The average molecular weight is 270 g/mol. The van der Waals surface area contributed by atoms with Crippen LogP contribution < -0.4 is 5.32 Å². The number of sulfonamides is 1. The predicted octanol–water partition coefficient (Wildman–Crippen LogP) is 1.58. The Morgan fingerprint density at radius 3 is 2.11 bits per heavy atom. The van der Waals surface area contributed by atoms with Gasteiger partial charge in [0.2, 0.25) is 10.0 Å². The normalized spacial score (nSPS) is 12.3. The lowest BCUT2D eigenvalue weighted by Gasteiger charge is -2.20. The van der Waals surface area contributed by atoms with Crippen LogP contribution in [-0.2, 0) is 22.3 Å². The van der Waals surface area contributed by atoms with Gasteiger partial charge in [0.05, 0.1) is 5.75 Å². The van der Waals surface area contributed by atoms with Gasteiger partial charge in [-0.1, -0.05) is 24.3 Å². The highest BCUT2D eigenvalue weighted by Crippen LogP contribution is 2.13. The lowest BCUT2D eigenvalue weighted by atomic mass is 10.1.